The molecule has 4 aromatic carbocycles. The minimum atomic E-state index is -0.871. The number of ether oxygens (including phenoxy) is 2. The van der Waals surface area contributed by atoms with Gasteiger partial charge < -0.3 is 34.9 Å². The van der Waals surface area contributed by atoms with Crippen LogP contribution in [0, 0.1) is 11.8 Å². The number of rotatable bonds is 15. The van der Waals surface area contributed by atoms with Crippen LogP contribution in [0.3, 0.4) is 0 Å². The van der Waals surface area contributed by atoms with Gasteiger partial charge in [-0.1, -0.05) is 66.7 Å². The first-order chi connectivity index (χ1) is 27.2. The van der Waals surface area contributed by atoms with Gasteiger partial charge in [0.15, 0.2) is 0 Å². The smallest absolute Gasteiger partial charge is 0.411 e. The summed E-state index contributed by atoms with van der Waals surface area (Å²) < 4.78 is 11.8. The number of carbonyl (C=O) groups excluding carboxylic acids is 2. The maximum Gasteiger partial charge on any atom is 0.411 e. The molecule has 5 aromatic rings. The molecule has 1 aromatic heterocycles. The number of hydrogen-bond acceptors (Lipinski definition) is 9. The molecule has 1 saturated heterocycles. The molecule has 5 N–H and O–H groups in total. The molecule has 7 rings (SSSR count). The Hall–Kier alpha value is -5.69. The first kappa shape index (κ1) is 38.6. The van der Waals surface area contributed by atoms with Gasteiger partial charge in [-0.05, 0) is 71.7 Å². The average Bonchev–Trinajstić information content (AvgIpc) is 3.75. The predicted molar refractivity (Wildman–Crippen MR) is 216 cm³/mol. The normalized spacial score (nSPS) is 18.4. The molecule has 4 atom stereocenters. The van der Waals surface area contributed by atoms with Crippen molar-refractivity contribution in [3.05, 3.63) is 125 Å². The van der Waals surface area contributed by atoms with Crippen LogP contribution in [-0.2, 0) is 16.1 Å². The molecule has 292 valence electrons. The number of para-hydroxylation sites is 1. The van der Waals surface area contributed by atoms with Crippen LogP contribution >= 0.6 is 0 Å². The monoisotopic (exact) mass is 759 g/mol. The number of anilines is 1. The van der Waals surface area contributed by atoms with E-state index in [1.165, 1.54) is 17.7 Å². The van der Waals surface area contributed by atoms with Crippen molar-refractivity contribution < 1.29 is 29.3 Å². The Morgan fingerprint density at radius 2 is 1.66 bits per heavy atom. The minimum absolute atomic E-state index is 0.0429. The molecule has 0 radical (unpaired) electrons. The van der Waals surface area contributed by atoms with Crippen LogP contribution in [-0.4, -0.2) is 89.5 Å². The Morgan fingerprint density at radius 1 is 0.929 bits per heavy atom. The Bertz CT molecular complexity index is 2160. The third-order valence-corrected chi connectivity index (χ3v) is 10.9. The molecule has 56 heavy (non-hydrogen) atoms. The van der Waals surface area contributed by atoms with E-state index in [2.05, 4.69) is 32.7 Å². The highest BCUT2D eigenvalue weighted by atomic mass is 16.6. The highest BCUT2D eigenvalue weighted by Gasteiger charge is 2.42. The largest absolute Gasteiger partial charge is 0.506 e. The van der Waals surface area contributed by atoms with E-state index in [1.54, 1.807) is 24.1 Å². The van der Waals surface area contributed by atoms with E-state index >= 15 is 0 Å². The second kappa shape index (κ2) is 17.8. The number of nitrogens with zero attached hydrogens (tertiary/aromatic N) is 2. The summed E-state index contributed by atoms with van der Waals surface area (Å²) in [6.07, 6.45) is 0.632. The lowest BCUT2D eigenvalue weighted by atomic mass is 10.0. The number of phenols is 1. The number of aromatic amines is 1. The molecular weight excluding hydrogens is 711 g/mol. The van der Waals surface area contributed by atoms with E-state index < -0.39 is 12.2 Å². The van der Waals surface area contributed by atoms with E-state index in [0.717, 1.165) is 49.3 Å². The average molecular weight is 760 g/mol. The maximum atomic E-state index is 12.9. The zero-order valence-electron chi connectivity index (χ0n) is 31.5. The molecular formula is C44H49N5O7. The lowest BCUT2D eigenvalue weighted by Crippen LogP contribution is -2.35. The van der Waals surface area contributed by atoms with Crippen LogP contribution in [0.1, 0.15) is 36.5 Å². The first-order valence-electron chi connectivity index (χ1n) is 19.2. The van der Waals surface area contributed by atoms with Gasteiger partial charge in [0.1, 0.15) is 17.6 Å². The quantitative estimate of drug-likeness (QED) is 0.0820. The van der Waals surface area contributed by atoms with Crippen molar-refractivity contribution in [1.82, 2.24) is 20.1 Å². The van der Waals surface area contributed by atoms with Gasteiger partial charge in [-0.2, -0.15) is 0 Å². The molecule has 0 spiro atoms. The van der Waals surface area contributed by atoms with Crippen molar-refractivity contribution in [3.63, 3.8) is 0 Å². The van der Waals surface area contributed by atoms with E-state index in [4.69, 9.17) is 9.47 Å². The third-order valence-electron chi connectivity index (χ3n) is 10.9. The Balaban J connectivity index is 0.774. The number of fused-ring (bicyclic) bond motifs is 2. The number of likely N-dealkylation sites (tertiary alicyclic amines) is 1. The third kappa shape index (κ3) is 9.57. The van der Waals surface area contributed by atoms with E-state index in [0.29, 0.717) is 41.6 Å². The second-order valence-electron chi connectivity index (χ2n) is 14.8. The van der Waals surface area contributed by atoms with Crippen LogP contribution in [0.25, 0.3) is 22.0 Å². The first-order valence-corrected chi connectivity index (χ1v) is 19.2. The number of aromatic hydroxyl groups is 1. The number of amides is 2. The number of hydrogen-bond donors (Lipinski definition) is 5. The number of aliphatic hydroxyl groups excluding tert-OH is 1. The molecule has 2 aliphatic rings. The van der Waals surface area contributed by atoms with Crippen LogP contribution < -0.4 is 20.9 Å². The second-order valence-corrected chi connectivity index (χ2v) is 14.8. The summed E-state index contributed by atoms with van der Waals surface area (Å²) in [4.78, 5) is 44.0. The zero-order chi connectivity index (χ0) is 39.0. The number of nitrogens with one attached hydrogen (secondary N) is 3. The molecule has 1 aliphatic heterocycles. The summed E-state index contributed by atoms with van der Waals surface area (Å²) in [5, 5.41) is 27.5. The van der Waals surface area contributed by atoms with Gasteiger partial charge >= 0.3 is 6.09 Å². The van der Waals surface area contributed by atoms with Crippen molar-refractivity contribution in [2.24, 2.45) is 11.8 Å². The Labute approximate surface area is 326 Å². The van der Waals surface area contributed by atoms with Crippen LogP contribution in [0.5, 0.6) is 11.5 Å². The van der Waals surface area contributed by atoms with Crippen molar-refractivity contribution in [3.8, 4) is 22.6 Å². The molecule has 1 saturated carbocycles. The van der Waals surface area contributed by atoms with Crippen LogP contribution in [0.15, 0.2) is 108 Å². The number of likely N-dealkylation sites (N-methyl/N-ethyl adjacent to an activating group) is 1. The van der Waals surface area contributed by atoms with Gasteiger partial charge in [0.05, 0.1) is 30.3 Å². The molecule has 1 unspecified atom stereocenters. The Morgan fingerprint density at radius 3 is 2.43 bits per heavy atom. The molecule has 2 heterocycles. The highest BCUT2D eigenvalue weighted by Crippen LogP contribution is 2.40. The number of aliphatic hydroxyl groups is 1. The standard InChI is InChI=1S/C44H49N5O7/c1-48(21-20-45-25-40(51)36-15-17-39(50)43-37(36)16-18-41(52)47-43)42(53)19-22-55-33-13-11-29(12-14-33)26-49-27-31-23-34(24-32(31)28-49)56-44(54)46-38-10-6-5-9-35(38)30-7-3-2-4-8-30/h2-18,31-32,34,40,45,50-51H,19-28H2,1H3,(H,46,54)(H,47,52)/t31-,32+,34?,40-/m0/s1. The highest BCUT2D eigenvalue weighted by molar-refractivity contribution is 5.91. The number of H-pyrrole nitrogens is 1. The summed E-state index contributed by atoms with van der Waals surface area (Å²) >= 11 is 0. The minimum Gasteiger partial charge on any atom is -0.506 e. The summed E-state index contributed by atoms with van der Waals surface area (Å²) in [7, 11) is 1.74. The topological polar surface area (TPSA) is 156 Å². The number of benzene rings is 4. The summed E-state index contributed by atoms with van der Waals surface area (Å²) in [6.45, 7) is 4.23. The van der Waals surface area contributed by atoms with Crippen LogP contribution in [0.4, 0.5) is 10.5 Å². The van der Waals surface area contributed by atoms with E-state index in [9.17, 15) is 24.6 Å². The van der Waals surface area contributed by atoms with E-state index in [1.807, 2.05) is 66.7 Å². The predicted octanol–water partition coefficient (Wildman–Crippen LogP) is 5.91. The summed E-state index contributed by atoms with van der Waals surface area (Å²) in [5.41, 5.74) is 4.48. The molecule has 2 fully saturated rings. The fraction of sp³-hybridized carbons (Fsp3) is 0.341. The van der Waals surface area contributed by atoms with Crippen molar-refractivity contribution in [2.45, 2.75) is 38.0 Å². The lowest BCUT2D eigenvalue weighted by Gasteiger charge is -2.20. The fourth-order valence-electron chi connectivity index (χ4n) is 7.99. The molecule has 2 amide bonds. The number of pyridine rings is 1. The molecule has 12 heteroatoms. The molecule has 1 aliphatic carbocycles. The maximum absolute atomic E-state index is 12.9. The van der Waals surface area contributed by atoms with Gasteiger partial charge in [-0.15, -0.1) is 0 Å². The van der Waals surface area contributed by atoms with Crippen molar-refractivity contribution >= 4 is 28.6 Å². The van der Waals surface area contributed by atoms with Gasteiger partial charge in [-0.25, -0.2) is 4.79 Å². The molecule has 0 bridgehead atoms. The van der Waals surface area contributed by atoms with Gasteiger partial charge in [-0.3, -0.25) is 19.8 Å². The SMILES string of the molecule is CN(CCNC[C@H](O)c1ccc(O)c2[nH]c(=O)ccc12)C(=O)CCOc1ccc(CN2C[C@H]3CC(OC(=O)Nc4ccccc4-c4ccccc4)C[C@H]3C2)cc1. The summed E-state index contributed by atoms with van der Waals surface area (Å²) in [6, 6.07) is 31.8. The van der Waals surface area contributed by atoms with Gasteiger partial charge in [0.25, 0.3) is 0 Å². The van der Waals surface area contributed by atoms with E-state index in [-0.39, 0.29) is 48.4 Å². The molecule has 12 nitrogen and oxygen atoms in total. The summed E-state index contributed by atoms with van der Waals surface area (Å²) in [5.74, 6) is 1.62. The number of phenolic OH excluding ortho intramolecular Hbond substituents is 1. The van der Waals surface area contributed by atoms with Gasteiger partial charge in [0.2, 0.25) is 11.5 Å². The number of carbonyl (C=O) groups is 2. The lowest BCUT2D eigenvalue weighted by molar-refractivity contribution is -0.130. The fourth-order valence-corrected chi connectivity index (χ4v) is 7.99. The van der Waals surface area contributed by atoms with Crippen LogP contribution in [0.2, 0.25) is 0 Å². The Kier molecular flexibility index (Phi) is 12.3. The van der Waals surface area contributed by atoms with Crippen molar-refractivity contribution in [2.75, 3.05) is 51.7 Å². The zero-order valence-corrected chi connectivity index (χ0v) is 31.5. The van der Waals surface area contributed by atoms with Crippen molar-refractivity contribution in [1.29, 1.82) is 0 Å². The van der Waals surface area contributed by atoms with Gasteiger partial charge in [0, 0.05) is 63.3 Å². The number of aromatic nitrogens is 1.